The van der Waals surface area contributed by atoms with Crippen LogP contribution in [0.2, 0.25) is 0 Å². The van der Waals surface area contributed by atoms with Crippen molar-refractivity contribution in [3.63, 3.8) is 0 Å². The largest absolute Gasteiger partial charge is 0.756 e. The van der Waals surface area contributed by atoms with Gasteiger partial charge in [0.2, 0.25) is 5.91 Å². The summed E-state index contributed by atoms with van der Waals surface area (Å²) in [5.74, 6) is -0.640. The zero-order valence-corrected chi connectivity index (χ0v) is 44.3. The number of amides is 1. The van der Waals surface area contributed by atoms with Crippen LogP contribution >= 0.6 is 7.82 Å². The summed E-state index contributed by atoms with van der Waals surface area (Å²) in [6.45, 7) is 6.65. The van der Waals surface area contributed by atoms with Crippen molar-refractivity contribution < 1.29 is 37.3 Å². The number of allylic oxidation sites excluding steroid dienone is 11. The molecule has 9 nitrogen and oxygen atoms in total. The smallest absolute Gasteiger partial charge is 0.306 e. The number of phosphoric ester groups is 1. The van der Waals surface area contributed by atoms with Crippen LogP contribution in [0.25, 0.3) is 0 Å². The maximum Gasteiger partial charge on any atom is 0.306 e. The third-order valence-corrected chi connectivity index (χ3v) is 12.3. The van der Waals surface area contributed by atoms with Gasteiger partial charge in [0, 0.05) is 12.8 Å². The van der Waals surface area contributed by atoms with Gasteiger partial charge in [-0.1, -0.05) is 197 Å². The number of unbranched alkanes of at least 4 members (excludes halogenated alkanes) is 21. The Hall–Kier alpha value is -2.55. The predicted octanol–water partition coefficient (Wildman–Crippen LogP) is 15.1. The molecule has 3 atom stereocenters. The number of esters is 1. The number of nitrogens with one attached hydrogen (secondary N) is 1. The van der Waals surface area contributed by atoms with Crippen molar-refractivity contribution in [2.45, 2.75) is 232 Å². The van der Waals surface area contributed by atoms with E-state index in [0.29, 0.717) is 23.9 Å². The highest BCUT2D eigenvalue weighted by atomic mass is 31.2. The van der Waals surface area contributed by atoms with Crippen molar-refractivity contribution in [2.75, 3.05) is 40.9 Å². The Balaban J connectivity index is 5.47. The van der Waals surface area contributed by atoms with E-state index in [1.807, 2.05) is 33.3 Å². The minimum absolute atomic E-state index is 0.0352. The molecule has 10 heteroatoms. The molecule has 0 rings (SSSR count). The summed E-state index contributed by atoms with van der Waals surface area (Å²) in [5, 5.41) is 2.99. The molecule has 0 saturated carbocycles. The number of phosphoric acid groups is 1. The molecule has 0 aromatic rings. The number of hydrogen-bond donors (Lipinski definition) is 1. The number of likely N-dealkylation sites (N-methyl/N-ethyl adjacent to an activating group) is 1. The van der Waals surface area contributed by atoms with E-state index >= 15 is 0 Å². The molecule has 0 aliphatic carbocycles. The molecule has 0 aliphatic rings. The lowest BCUT2D eigenvalue weighted by molar-refractivity contribution is -0.870. The number of carbonyl (C=O) groups excluding carboxylic acids is 2. The first-order valence-corrected chi connectivity index (χ1v) is 28.2. The summed E-state index contributed by atoms with van der Waals surface area (Å²) in [5.41, 5.74) is 0. The molecule has 66 heavy (non-hydrogen) atoms. The average molecular weight is 945 g/mol. The van der Waals surface area contributed by atoms with Crippen LogP contribution in [-0.2, 0) is 27.9 Å². The fourth-order valence-electron chi connectivity index (χ4n) is 7.23. The van der Waals surface area contributed by atoms with Crippen LogP contribution in [0.5, 0.6) is 0 Å². The lowest BCUT2D eigenvalue weighted by Gasteiger charge is -2.30. The highest BCUT2D eigenvalue weighted by molar-refractivity contribution is 7.45. The SMILES string of the molecule is CC/C=C/C/C=C/C/C=C/CCCCCCCCC(=O)NC(COP(=O)([O-])OCC[N+](C)(C)C)C(/C=C/CCCCCCCCCCC)OC(=O)CC/C=C/C/C=C\CCCCCCCC. The average Bonchev–Trinajstić information content (AvgIpc) is 3.27. The van der Waals surface area contributed by atoms with Gasteiger partial charge in [-0.3, -0.25) is 14.2 Å². The van der Waals surface area contributed by atoms with Crippen LogP contribution < -0.4 is 10.2 Å². The van der Waals surface area contributed by atoms with E-state index in [4.69, 9.17) is 13.8 Å². The summed E-state index contributed by atoms with van der Waals surface area (Å²) in [4.78, 5) is 39.7. The third-order valence-electron chi connectivity index (χ3n) is 11.4. The summed E-state index contributed by atoms with van der Waals surface area (Å²) in [6.07, 6.45) is 57.4. The Kier molecular flexibility index (Phi) is 44.4. The Morgan fingerprint density at radius 2 is 0.985 bits per heavy atom. The molecule has 0 aromatic carbocycles. The van der Waals surface area contributed by atoms with Crippen LogP contribution in [0.1, 0.15) is 220 Å². The van der Waals surface area contributed by atoms with Gasteiger partial charge in [0.1, 0.15) is 19.3 Å². The topological polar surface area (TPSA) is 114 Å². The minimum atomic E-state index is -4.71. The summed E-state index contributed by atoms with van der Waals surface area (Å²) in [6, 6.07) is -0.918. The van der Waals surface area contributed by atoms with Crippen LogP contribution in [0, 0.1) is 0 Å². The van der Waals surface area contributed by atoms with Crippen molar-refractivity contribution in [2.24, 2.45) is 0 Å². The van der Waals surface area contributed by atoms with E-state index < -0.39 is 32.5 Å². The predicted molar refractivity (Wildman–Crippen MR) is 279 cm³/mol. The first kappa shape index (κ1) is 63.5. The van der Waals surface area contributed by atoms with Gasteiger partial charge in [-0.15, -0.1) is 0 Å². The van der Waals surface area contributed by atoms with Gasteiger partial charge in [0.05, 0.1) is 33.8 Å². The second kappa shape index (κ2) is 46.2. The highest BCUT2D eigenvalue weighted by Gasteiger charge is 2.27. The van der Waals surface area contributed by atoms with Crippen LogP contribution in [-0.4, -0.2) is 69.4 Å². The van der Waals surface area contributed by atoms with Crippen molar-refractivity contribution in [3.05, 3.63) is 72.9 Å². The molecule has 0 aromatic heterocycles. The highest BCUT2D eigenvalue weighted by Crippen LogP contribution is 2.38. The Bertz CT molecular complexity index is 1370. The minimum Gasteiger partial charge on any atom is -0.756 e. The quantitative estimate of drug-likeness (QED) is 0.0212. The van der Waals surface area contributed by atoms with Gasteiger partial charge in [-0.25, -0.2) is 0 Å². The molecule has 0 fully saturated rings. The van der Waals surface area contributed by atoms with Gasteiger partial charge in [0.15, 0.2) is 0 Å². The van der Waals surface area contributed by atoms with E-state index in [9.17, 15) is 19.0 Å². The Morgan fingerprint density at radius 3 is 1.48 bits per heavy atom. The second-order valence-electron chi connectivity index (χ2n) is 19.0. The van der Waals surface area contributed by atoms with Gasteiger partial charge in [-0.05, 0) is 83.1 Å². The number of hydrogen-bond acceptors (Lipinski definition) is 7. The Morgan fingerprint density at radius 1 is 0.545 bits per heavy atom. The normalized spacial score (nSPS) is 14.5. The van der Waals surface area contributed by atoms with Gasteiger partial charge in [0.25, 0.3) is 7.82 Å². The van der Waals surface area contributed by atoms with Crippen LogP contribution in [0.4, 0.5) is 0 Å². The van der Waals surface area contributed by atoms with E-state index in [1.165, 1.54) is 83.5 Å². The fourth-order valence-corrected chi connectivity index (χ4v) is 7.96. The molecular formula is C56H101N2O7P. The summed E-state index contributed by atoms with van der Waals surface area (Å²) in [7, 11) is 1.14. The molecule has 0 heterocycles. The van der Waals surface area contributed by atoms with Crippen molar-refractivity contribution in [3.8, 4) is 0 Å². The van der Waals surface area contributed by atoms with Crippen LogP contribution in [0.15, 0.2) is 72.9 Å². The second-order valence-corrected chi connectivity index (χ2v) is 20.4. The maximum absolute atomic E-state index is 13.4. The van der Waals surface area contributed by atoms with E-state index in [1.54, 1.807) is 6.08 Å². The fraction of sp³-hybridized carbons (Fsp3) is 0.750. The Labute approximate surface area is 406 Å². The number of ether oxygens (including phenoxy) is 1. The standard InChI is InChI=1S/C56H101N2O7P/c1-7-10-13-16-19-22-25-27-28-29-31-33-36-39-42-45-48-55(59)57-53(52-64-66(61,62)63-51-50-58(4,5)6)54(47-44-41-38-35-32-24-21-18-15-12-9-3)65-56(60)49-46-43-40-37-34-30-26-23-20-17-14-11-8-2/h10,13,19,22,27-28,30,34,40,43-44,47,53-54H,7-9,11-12,14-18,20-21,23-26,29,31-33,35-39,41-42,45-46,48-52H2,1-6H3,(H-,57,59,61,62)/b13-10+,22-19+,28-27+,34-30-,43-40+,47-44+. The van der Waals surface area contributed by atoms with Gasteiger partial charge >= 0.3 is 5.97 Å². The van der Waals surface area contributed by atoms with Crippen LogP contribution in [0.3, 0.4) is 0 Å². The first-order chi connectivity index (χ1) is 31.9. The molecule has 0 spiro atoms. The monoisotopic (exact) mass is 945 g/mol. The molecule has 1 N–H and O–H groups in total. The van der Waals surface area contributed by atoms with Gasteiger partial charge in [-0.2, -0.15) is 0 Å². The van der Waals surface area contributed by atoms with E-state index in [-0.39, 0.29) is 25.4 Å². The molecule has 1 amide bonds. The molecule has 3 unspecified atom stereocenters. The molecular weight excluding hydrogens is 844 g/mol. The molecule has 0 bridgehead atoms. The first-order valence-electron chi connectivity index (χ1n) is 26.7. The number of carbonyl (C=O) groups is 2. The maximum atomic E-state index is 13.4. The summed E-state index contributed by atoms with van der Waals surface area (Å²) >= 11 is 0. The van der Waals surface area contributed by atoms with Crippen molar-refractivity contribution in [1.82, 2.24) is 5.32 Å². The zero-order chi connectivity index (χ0) is 48.7. The molecule has 0 aliphatic heterocycles. The molecule has 0 radical (unpaired) electrons. The number of quaternary nitrogens is 1. The lowest BCUT2D eigenvalue weighted by atomic mass is 10.1. The molecule has 382 valence electrons. The van der Waals surface area contributed by atoms with Crippen molar-refractivity contribution in [1.29, 1.82) is 0 Å². The number of nitrogens with zero attached hydrogens (tertiary/aromatic N) is 1. The number of rotatable bonds is 47. The summed E-state index contributed by atoms with van der Waals surface area (Å²) < 4.78 is 30.1. The van der Waals surface area contributed by atoms with E-state index in [0.717, 1.165) is 89.9 Å². The zero-order valence-electron chi connectivity index (χ0n) is 43.4. The van der Waals surface area contributed by atoms with E-state index in [2.05, 4.69) is 80.8 Å². The lowest BCUT2D eigenvalue weighted by Crippen LogP contribution is -2.47. The molecule has 0 saturated heterocycles. The van der Waals surface area contributed by atoms with Crippen molar-refractivity contribution >= 4 is 19.7 Å². The van der Waals surface area contributed by atoms with Gasteiger partial charge < -0.3 is 28.5 Å². The third kappa shape index (κ3) is 46.6.